The number of carboxylic acid groups (broad SMARTS) is 1. The molecule has 0 spiro atoms. The molecule has 2 aromatic rings. The van der Waals surface area contributed by atoms with E-state index in [1.165, 1.54) is 0 Å². The van der Waals surface area contributed by atoms with Crippen LogP contribution >= 0.6 is 23.2 Å². The lowest BCUT2D eigenvalue weighted by Gasteiger charge is -2.15. The van der Waals surface area contributed by atoms with Crippen molar-refractivity contribution < 1.29 is 14.6 Å². The lowest BCUT2D eigenvalue weighted by Crippen LogP contribution is -2.07. The van der Waals surface area contributed by atoms with Gasteiger partial charge in [0.2, 0.25) is 0 Å². The predicted octanol–water partition coefficient (Wildman–Crippen LogP) is 4.65. The minimum Gasteiger partial charge on any atom is -0.480 e. The first-order chi connectivity index (χ1) is 10.5. The molecule has 2 N–H and O–H groups in total. The Balaban J connectivity index is 2.23. The van der Waals surface area contributed by atoms with Gasteiger partial charge < -0.3 is 15.2 Å². The molecule has 0 unspecified atom stereocenters. The molecule has 4 nitrogen and oxygen atoms in total. The Morgan fingerprint density at radius 2 is 1.95 bits per heavy atom. The number of benzene rings is 2. The van der Waals surface area contributed by atoms with E-state index in [0.717, 1.165) is 16.8 Å². The van der Waals surface area contributed by atoms with Crippen molar-refractivity contribution in [3.63, 3.8) is 0 Å². The summed E-state index contributed by atoms with van der Waals surface area (Å²) >= 11 is 12.5. The van der Waals surface area contributed by atoms with Crippen LogP contribution in [0, 0.1) is 6.92 Å². The number of carbonyl (C=O) groups is 1. The first-order valence-corrected chi connectivity index (χ1v) is 7.33. The summed E-state index contributed by atoms with van der Waals surface area (Å²) in [5.41, 5.74) is 3.11. The fraction of sp³-hybridized carbons (Fsp3) is 0.188. The predicted molar refractivity (Wildman–Crippen MR) is 88.2 cm³/mol. The molecule has 0 bridgehead atoms. The molecule has 6 heteroatoms. The van der Waals surface area contributed by atoms with Crippen molar-refractivity contribution in [3.8, 4) is 0 Å². The molecule has 0 heterocycles. The minimum absolute atomic E-state index is 0.177. The highest BCUT2D eigenvalue weighted by Gasteiger charge is 2.11. The van der Waals surface area contributed by atoms with Crippen LogP contribution in [0.1, 0.15) is 11.1 Å². The van der Waals surface area contributed by atoms with E-state index in [1.54, 1.807) is 6.07 Å². The fourth-order valence-electron chi connectivity index (χ4n) is 1.92. The van der Waals surface area contributed by atoms with Gasteiger partial charge in [-0.1, -0.05) is 47.5 Å². The summed E-state index contributed by atoms with van der Waals surface area (Å²) in [6.45, 7) is 1.72. The number of para-hydroxylation sites is 1. The minimum atomic E-state index is -1.00. The smallest absolute Gasteiger partial charge is 0.329 e. The van der Waals surface area contributed by atoms with E-state index < -0.39 is 5.97 Å². The van der Waals surface area contributed by atoms with E-state index in [9.17, 15) is 4.79 Å². The van der Waals surface area contributed by atoms with Crippen molar-refractivity contribution in [1.82, 2.24) is 0 Å². The number of halogens is 2. The van der Waals surface area contributed by atoms with Crippen molar-refractivity contribution in [3.05, 3.63) is 57.6 Å². The molecule has 116 valence electrons. The molecule has 0 aliphatic rings. The summed E-state index contributed by atoms with van der Waals surface area (Å²) in [4.78, 5) is 10.5. The monoisotopic (exact) mass is 339 g/mol. The van der Waals surface area contributed by atoms with E-state index in [2.05, 4.69) is 5.32 Å². The average molecular weight is 340 g/mol. The number of nitrogens with one attached hydrogen (secondary N) is 1. The number of ether oxygens (including phenoxy) is 1. The molecular weight excluding hydrogens is 325 g/mol. The van der Waals surface area contributed by atoms with Crippen molar-refractivity contribution in [2.75, 3.05) is 11.9 Å². The molecule has 0 radical (unpaired) electrons. The zero-order chi connectivity index (χ0) is 16.1. The van der Waals surface area contributed by atoms with Gasteiger partial charge in [-0.15, -0.1) is 0 Å². The van der Waals surface area contributed by atoms with E-state index in [0.29, 0.717) is 15.7 Å². The van der Waals surface area contributed by atoms with Crippen LogP contribution in [0.15, 0.2) is 36.4 Å². The van der Waals surface area contributed by atoms with Gasteiger partial charge >= 0.3 is 5.97 Å². The maximum Gasteiger partial charge on any atom is 0.329 e. The number of hydrogen-bond donors (Lipinski definition) is 2. The van der Waals surface area contributed by atoms with Crippen molar-refractivity contribution in [1.29, 1.82) is 0 Å². The Morgan fingerprint density at radius 3 is 2.68 bits per heavy atom. The number of anilines is 2. The largest absolute Gasteiger partial charge is 0.480 e. The molecule has 0 saturated heterocycles. The van der Waals surface area contributed by atoms with Gasteiger partial charge in [0, 0.05) is 11.3 Å². The normalized spacial score (nSPS) is 10.5. The molecule has 0 amide bonds. The lowest BCUT2D eigenvalue weighted by molar-refractivity contribution is -0.142. The summed E-state index contributed by atoms with van der Waals surface area (Å²) in [6.07, 6.45) is 0. The molecule has 22 heavy (non-hydrogen) atoms. The maximum atomic E-state index is 10.5. The molecule has 2 aromatic carbocycles. The first-order valence-electron chi connectivity index (χ1n) is 6.58. The summed E-state index contributed by atoms with van der Waals surface area (Å²) in [7, 11) is 0. The van der Waals surface area contributed by atoms with Crippen LogP contribution in [0.5, 0.6) is 0 Å². The highest BCUT2D eigenvalue weighted by atomic mass is 35.5. The van der Waals surface area contributed by atoms with Gasteiger partial charge in [-0.3, -0.25) is 0 Å². The van der Waals surface area contributed by atoms with E-state index in [4.69, 9.17) is 33.0 Å². The number of carboxylic acids is 1. The van der Waals surface area contributed by atoms with E-state index in [1.807, 2.05) is 37.3 Å². The highest BCUT2D eigenvalue weighted by molar-refractivity contribution is 6.39. The fourth-order valence-corrected chi connectivity index (χ4v) is 2.39. The second-order valence-corrected chi connectivity index (χ2v) is 5.51. The zero-order valence-corrected chi connectivity index (χ0v) is 13.4. The molecule has 0 fully saturated rings. The summed E-state index contributed by atoms with van der Waals surface area (Å²) in [6, 6.07) is 11.0. The molecule has 0 atom stereocenters. The van der Waals surface area contributed by atoms with Gasteiger partial charge in [0.25, 0.3) is 0 Å². The number of hydrogen-bond acceptors (Lipinski definition) is 3. The van der Waals surface area contributed by atoms with Crippen LogP contribution in [0.2, 0.25) is 10.0 Å². The Kier molecular flexibility index (Phi) is 5.66. The molecule has 0 saturated carbocycles. The third-order valence-corrected chi connectivity index (χ3v) is 3.85. The van der Waals surface area contributed by atoms with Gasteiger partial charge in [0.05, 0.1) is 22.3 Å². The molecule has 0 aromatic heterocycles. The van der Waals surface area contributed by atoms with Crippen LogP contribution in [-0.2, 0) is 16.1 Å². The third kappa shape index (κ3) is 4.13. The molecular formula is C16H15Cl2NO3. The summed E-state index contributed by atoms with van der Waals surface area (Å²) < 4.78 is 5.14. The maximum absolute atomic E-state index is 10.5. The van der Waals surface area contributed by atoms with Gasteiger partial charge in [-0.2, -0.15) is 0 Å². The lowest BCUT2D eigenvalue weighted by atomic mass is 10.1. The van der Waals surface area contributed by atoms with Crippen LogP contribution in [-0.4, -0.2) is 17.7 Å². The van der Waals surface area contributed by atoms with E-state index in [-0.39, 0.29) is 13.2 Å². The van der Waals surface area contributed by atoms with Crippen LogP contribution in [0.4, 0.5) is 11.4 Å². The Morgan fingerprint density at radius 1 is 1.23 bits per heavy atom. The zero-order valence-electron chi connectivity index (χ0n) is 11.9. The van der Waals surface area contributed by atoms with Crippen molar-refractivity contribution >= 4 is 40.5 Å². The second kappa shape index (κ2) is 7.49. The number of aliphatic carboxylic acids is 1. The summed E-state index contributed by atoms with van der Waals surface area (Å²) in [5, 5.41) is 12.9. The van der Waals surface area contributed by atoms with Gasteiger partial charge in [0.1, 0.15) is 6.61 Å². The van der Waals surface area contributed by atoms with Crippen LogP contribution in [0.3, 0.4) is 0 Å². The van der Waals surface area contributed by atoms with Gasteiger partial charge in [-0.25, -0.2) is 4.79 Å². The standard InChI is InChI=1S/C16H15Cl2NO3/c1-10-6-7-12(17)16(15(10)18)19-13-5-3-2-4-11(13)8-22-9-14(20)21/h2-7,19H,8-9H2,1H3,(H,20,21). The third-order valence-electron chi connectivity index (χ3n) is 3.04. The van der Waals surface area contributed by atoms with Crippen molar-refractivity contribution in [2.45, 2.75) is 13.5 Å². The number of rotatable bonds is 6. The van der Waals surface area contributed by atoms with Crippen LogP contribution < -0.4 is 5.32 Å². The molecule has 0 aliphatic carbocycles. The Hall–Kier alpha value is -1.75. The van der Waals surface area contributed by atoms with Crippen molar-refractivity contribution in [2.24, 2.45) is 0 Å². The van der Waals surface area contributed by atoms with E-state index >= 15 is 0 Å². The molecule has 2 rings (SSSR count). The SMILES string of the molecule is Cc1ccc(Cl)c(Nc2ccccc2COCC(=O)O)c1Cl. The number of aryl methyl sites for hydroxylation is 1. The highest BCUT2D eigenvalue weighted by Crippen LogP contribution is 2.35. The average Bonchev–Trinajstić information content (AvgIpc) is 2.49. The quantitative estimate of drug-likeness (QED) is 0.804. The van der Waals surface area contributed by atoms with Crippen LogP contribution in [0.25, 0.3) is 0 Å². The second-order valence-electron chi connectivity index (χ2n) is 4.72. The molecule has 0 aliphatic heterocycles. The topological polar surface area (TPSA) is 58.6 Å². The van der Waals surface area contributed by atoms with Gasteiger partial charge in [-0.05, 0) is 24.6 Å². The summed E-state index contributed by atoms with van der Waals surface area (Å²) in [5.74, 6) is -1.00. The van der Waals surface area contributed by atoms with Gasteiger partial charge in [0.15, 0.2) is 0 Å². The first kappa shape index (κ1) is 16.6. The Labute approximate surface area is 138 Å². The Bertz CT molecular complexity index is 689.